The third-order valence-corrected chi connectivity index (χ3v) is 0.214. The fourth-order valence-corrected chi connectivity index (χ4v) is 0.0456. The van der Waals surface area contributed by atoms with Crippen molar-refractivity contribution >= 4 is 0 Å². The zero-order valence-electron chi connectivity index (χ0n) is 5.30. The minimum Gasteiger partial charge on any atom is -0.843 e. The molecule has 0 heterocycles. The quantitative estimate of drug-likeness (QED) is 0.550. The summed E-state index contributed by atoms with van der Waals surface area (Å²) < 4.78 is 0. The van der Waals surface area contributed by atoms with E-state index >= 15 is 0 Å². The van der Waals surface area contributed by atoms with Crippen molar-refractivity contribution in [1.29, 1.82) is 0 Å². The monoisotopic (exact) mass is 476 g/mol. The van der Waals surface area contributed by atoms with E-state index in [1.165, 1.54) is 0 Å². The Labute approximate surface area is 162 Å². The average Bonchev–Trinajstić information content (AvgIpc) is 1.41. The van der Waals surface area contributed by atoms with Gasteiger partial charge in [0.15, 0.2) is 0 Å². The largest absolute Gasteiger partial charge is 1.00 e. The predicted molar refractivity (Wildman–Crippen MR) is 66.0 cm³/mol. The van der Waals surface area contributed by atoms with E-state index in [2.05, 4.69) is 5.32 Å². The molecule has 0 aromatic heterocycles. The maximum absolute atomic E-state index is 9.26. The molecule has 0 saturated carbocycles. The van der Waals surface area contributed by atoms with Crippen LogP contribution in [0.2, 0.25) is 0 Å². The van der Waals surface area contributed by atoms with Gasteiger partial charge in [0.2, 0.25) is 0 Å². The third kappa shape index (κ3) is 182. The minimum atomic E-state index is -0.406. The summed E-state index contributed by atoms with van der Waals surface area (Å²) in [6, 6.07) is 0. The fourth-order valence-electron chi connectivity index (χ4n) is 0.0456. The molecule has 0 aliphatic heterocycles. The molecule has 0 aliphatic rings. The van der Waals surface area contributed by atoms with Gasteiger partial charge in [0.05, 0.1) is 6.73 Å². The van der Waals surface area contributed by atoms with Crippen LogP contribution in [0.4, 0.5) is 0 Å². The number of nitrogens with two attached hydrogens (primary N) is 2. The normalized spacial score (nSPS) is 2.80. The minimum absolute atomic E-state index is 0. The first-order chi connectivity index (χ1) is 2.41. The van der Waals surface area contributed by atoms with Crippen LogP contribution in [-0.2, 0) is 20.4 Å². The van der Waals surface area contributed by atoms with Gasteiger partial charge >= 0.3 is 58.2 Å². The Bertz CT molecular complexity index is 35.4. The van der Waals surface area contributed by atoms with Gasteiger partial charge in [0.25, 0.3) is 0 Å². The van der Waals surface area contributed by atoms with Crippen molar-refractivity contribution in [3.63, 3.8) is 0 Å². The van der Waals surface area contributed by atoms with Gasteiger partial charge < -0.3 is 27.8 Å². The summed E-state index contributed by atoms with van der Waals surface area (Å²) in [5.74, 6) is 0. The van der Waals surface area contributed by atoms with Crippen molar-refractivity contribution in [3.8, 4) is 0 Å². The Morgan fingerprint density at radius 3 is 1.07 bits per heavy atom. The number of rotatable bonds is 2. The van der Waals surface area contributed by atoms with E-state index in [1.54, 1.807) is 0 Å². The molecule has 0 saturated heterocycles. The summed E-state index contributed by atoms with van der Waals surface area (Å²) in [5.41, 5.74) is 0. The van der Waals surface area contributed by atoms with E-state index in [-0.39, 0.29) is 142 Å². The second-order valence-corrected chi connectivity index (χ2v) is 0.552. The molecule has 0 bridgehead atoms. The fraction of sp³-hybridized carbons (Fsp3) is 1.00. The van der Waals surface area contributed by atoms with Gasteiger partial charge in [0.1, 0.15) is 0 Å². The molecule has 0 aromatic carbocycles. The van der Waals surface area contributed by atoms with Gasteiger partial charge in [-0.05, 0) is 0 Å². The Morgan fingerprint density at radius 1 is 0.867 bits per heavy atom. The van der Waals surface area contributed by atoms with E-state index < -0.39 is 6.73 Å². The summed E-state index contributed by atoms with van der Waals surface area (Å²) in [4.78, 5) is 0. The van der Waals surface area contributed by atoms with Crippen molar-refractivity contribution in [2.24, 2.45) is 0 Å². The molecule has 15 heavy (non-hydrogen) atoms. The van der Waals surface area contributed by atoms with Crippen molar-refractivity contribution in [2.75, 3.05) is 13.5 Å². The van der Waals surface area contributed by atoms with Crippen LogP contribution in [-0.4, -0.2) is 18.6 Å². The van der Waals surface area contributed by atoms with Crippen LogP contribution in [0.5, 0.6) is 0 Å². The van der Waals surface area contributed by atoms with E-state index in [0.29, 0.717) is 0 Å². The topological polar surface area (TPSA) is 122 Å². The van der Waals surface area contributed by atoms with Crippen LogP contribution in [0.15, 0.2) is 0 Å². The molecule has 0 rings (SSSR count). The van der Waals surface area contributed by atoms with Crippen LogP contribution < -0.4 is 68.6 Å². The standard InChI is InChI=1S/C2H6NO2.6CH4.2H2N.Rb.Re/c4-1-3-2-5;;;;;;;;;;/h3-4H,1-2H2;6*1H4;2*1H2;;/q-1;;;;;;;2*-1;+1;. The van der Waals surface area contributed by atoms with Crippen LogP contribution >= 0.6 is 0 Å². The molecule has 0 spiro atoms. The van der Waals surface area contributed by atoms with Crippen LogP contribution in [0.1, 0.15) is 44.6 Å². The molecule has 0 aliphatic carbocycles. The molecule has 7 heteroatoms. The second-order valence-electron chi connectivity index (χ2n) is 0.552. The number of hydrogen-bond donors (Lipinski definition) is 2. The molecule has 0 fully saturated rings. The zero-order valence-corrected chi connectivity index (χ0v) is 12.9. The van der Waals surface area contributed by atoms with Crippen LogP contribution in [0, 0.1) is 0 Å². The van der Waals surface area contributed by atoms with Gasteiger partial charge in [0, 0.05) is 20.4 Å². The number of aliphatic hydroxyl groups excluding tert-OH is 1. The number of hydrogen-bond acceptors (Lipinski definition) is 3. The maximum Gasteiger partial charge on any atom is 1.00 e. The first-order valence-electron chi connectivity index (χ1n) is 1.31. The summed E-state index contributed by atoms with van der Waals surface area (Å²) >= 11 is 0. The zero-order chi connectivity index (χ0) is 4.12. The predicted octanol–water partition coefficient (Wildman–Crippen LogP) is 0.0959. The van der Waals surface area contributed by atoms with Crippen molar-refractivity contribution in [3.05, 3.63) is 12.3 Å². The Balaban J connectivity index is -0.00000000178. The van der Waals surface area contributed by atoms with Crippen molar-refractivity contribution < 1.29 is 88.8 Å². The summed E-state index contributed by atoms with van der Waals surface area (Å²) in [6.45, 7) is -0.625. The molecule has 5 nitrogen and oxygen atoms in total. The first-order valence-corrected chi connectivity index (χ1v) is 1.31. The van der Waals surface area contributed by atoms with E-state index in [1.807, 2.05) is 0 Å². The summed E-state index contributed by atoms with van der Waals surface area (Å²) in [6.07, 6.45) is 0. The Hall–Kier alpha value is 2.27. The summed E-state index contributed by atoms with van der Waals surface area (Å²) in [7, 11) is 0. The van der Waals surface area contributed by atoms with Gasteiger partial charge in [-0.25, -0.2) is 0 Å². The van der Waals surface area contributed by atoms with Gasteiger partial charge in [-0.2, -0.15) is 0 Å². The molecule has 0 atom stereocenters. The Kier molecular flexibility index (Phi) is 1060. The molecular weight excluding hydrogens is 442 g/mol. The van der Waals surface area contributed by atoms with E-state index in [9.17, 15) is 5.11 Å². The molecule has 0 unspecified atom stereocenters. The van der Waals surface area contributed by atoms with Crippen LogP contribution in [0.25, 0.3) is 12.3 Å². The number of nitrogens with one attached hydrogen (secondary N) is 1. The number of aliphatic hydroxyl groups is 1. The average molecular weight is 476 g/mol. The van der Waals surface area contributed by atoms with E-state index in [0.717, 1.165) is 0 Å². The Morgan fingerprint density at radius 2 is 1.07 bits per heavy atom. The molecule has 103 valence electrons. The summed E-state index contributed by atoms with van der Waals surface area (Å²) in [5, 5.41) is 19.1. The molecule has 0 amide bonds. The van der Waals surface area contributed by atoms with Gasteiger partial charge in [-0.3, -0.25) is 0 Å². The smallest absolute Gasteiger partial charge is 0.843 e. The molecule has 6 N–H and O–H groups in total. The van der Waals surface area contributed by atoms with Crippen molar-refractivity contribution in [1.82, 2.24) is 5.32 Å². The first kappa shape index (κ1) is 116. The van der Waals surface area contributed by atoms with Crippen LogP contribution in [0.3, 0.4) is 0 Å². The van der Waals surface area contributed by atoms with Crippen molar-refractivity contribution in [2.45, 2.75) is 44.6 Å². The SMILES string of the molecule is C.C.C.C.C.C.[NH2-].[NH2-].[O-]CNCO.[Rb+].[Re]. The molecule has 0 aromatic rings. The third-order valence-electron chi connectivity index (χ3n) is 0.214. The molecular formula is C8H34N3O2RbRe-2. The van der Waals surface area contributed by atoms with Gasteiger partial charge in [-0.15, -0.1) is 0 Å². The second kappa shape index (κ2) is 137. The molecule has 1 radical (unpaired) electrons. The maximum atomic E-state index is 9.26. The van der Waals surface area contributed by atoms with E-state index in [4.69, 9.17) is 5.11 Å². The van der Waals surface area contributed by atoms with Gasteiger partial charge in [-0.1, -0.05) is 51.3 Å².